The van der Waals surface area contributed by atoms with Gasteiger partial charge in [-0.1, -0.05) is 22.8 Å². The molecule has 120 valence electrons. The van der Waals surface area contributed by atoms with Gasteiger partial charge in [-0.25, -0.2) is 0 Å². The Morgan fingerprint density at radius 3 is 2.82 bits per heavy atom. The SMILES string of the molecule is Cc1noc(C)c1CN(C)CC(O)COc1cccc(Cl)c1. The first-order valence-electron chi connectivity index (χ1n) is 7.12. The lowest BCUT2D eigenvalue weighted by molar-refractivity contribution is 0.0742. The summed E-state index contributed by atoms with van der Waals surface area (Å²) in [5, 5.41) is 14.6. The summed E-state index contributed by atoms with van der Waals surface area (Å²) in [6.07, 6.45) is -0.593. The van der Waals surface area contributed by atoms with Crippen molar-refractivity contribution in [1.82, 2.24) is 10.1 Å². The van der Waals surface area contributed by atoms with Crippen LogP contribution in [0.3, 0.4) is 0 Å². The normalized spacial score (nSPS) is 12.6. The van der Waals surface area contributed by atoms with Crippen molar-refractivity contribution in [1.29, 1.82) is 0 Å². The number of hydrogen-bond acceptors (Lipinski definition) is 5. The van der Waals surface area contributed by atoms with Crippen LogP contribution >= 0.6 is 11.6 Å². The Balaban J connectivity index is 1.80. The third kappa shape index (κ3) is 4.73. The van der Waals surface area contributed by atoms with Gasteiger partial charge in [0.25, 0.3) is 0 Å². The zero-order valence-electron chi connectivity index (χ0n) is 13.0. The van der Waals surface area contributed by atoms with Crippen LogP contribution in [0.4, 0.5) is 0 Å². The van der Waals surface area contributed by atoms with E-state index in [9.17, 15) is 5.11 Å². The molecule has 1 N–H and O–H groups in total. The quantitative estimate of drug-likeness (QED) is 0.848. The molecule has 0 radical (unpaired) electrons. The van der Waals surface area contributed by atoms with E-state index in [-0.39, 0.29) is 6.61 Å². The number of likely N-dealkylation sites (N-methyl/N-ethyl adjacent to an activating group) is 1. The molecular weight excluding hydrogens is 304 g/mol. The molecule has 2 rings (SSSR count). The van der Waals surface area contributed by atoms with Crippen molar-refractivity contribution in [2.24, 2.45) is 0 Å². The van der Waals surface area contributed by atoms with Crippen molar-refractivity contribution < 1.29 is 14.4 Å². The molecule has 0 aliphatic carbocycles. The molecule has 1 atom stereocenters. The predicted molar refractivity (Wildman–Crippen MR) is 85.3 cm³/mol. The van der Waals surface area contributed by atoms with Crippen LogP contribution < -0.4 is 4.74 Å². The third-order valence-electron chi connectivity index (χ3n) is 3.37. The summed E-state index contributed by atoms with van der Waals surface area (Å²) < 4.78 is 10.7. The number of aromatic nitrogens is 1. The van der Waals surface area contributed by atoms with Crippen LogP contribution in [0.2, 0.25) is 5.02 Å². The highest BCUT2D eigenvalue weighted by atomic mass is 35.5. The predicted octanol–water partition coefficient (Wildman–Crippen LogP) is 2.82. The van der Waals surface area contributed by atoms with Crippen LogP contribution in [0.15, 0.2) is 28.8 Å². The molecule has 0 aliphatic rings. The molecule has 0 spiro atoms. The molecule has 2 aromatic rings. The minimum atomic E-state index is -0.593. The van der Waals surface area contributed by atoms with Gasteiger partial charge >= 0.3 is 0 Å². The number of rotatable bonds is 7. The summed E-state index contributed by atoms with van der Waals surface area (Å²) in [6, 6.07) is 7.13. The molecule has 1 heterocycles. The summed E-state index contributed by atoms with van der Waals surface area (Å²) in [5.41, 5.74) is 1.94. The van der Waals surface area contributed by atoms with Gasteiger partial charge in [0.05, 0.1) is 5.69 Å². The number of ether oxygens (including phenoxy) is 1. The first-order valence-corrected chi connectivity index (χ1v) is 7.50. The summed E-state index contributed by atoms with van der Waals surface area (Å²) in [4.78, 5) is 2.01. The Kier molecular flexibility index (Phi) is 5.83. The minimum Gasteiger partial charge on any atom is -0.491 e. The maximum Gasteiger partial charge on any atom is 0.138 e. The van der Waals surface area contributed by atoms with Gasteiger partial charge < -0.3 is 14.4 Å². The van der Waals surface area contributed by atoms with Crippen molar-refractivity contribution >= 4 is 11.6 Å². The molecule has 1 aromatic carbocycles. The number of aryl methyl sites for hydroxylation is 2. The standard InChI is InChI=1S/C16H21ClN2O3/c1-11-16(12(2)22-18-11)9-19(3)8-14(20)10-21-15-6-4-5-13(17)7-15/h4-7,14,20H,8-10H2,1-3H3. The van der Waals surface area contributed by atoms with E-state index in [4.69, 9.17) is 20.9 Å². The van der Waals surface area contributed by atoms with E-state index in [1.165, 1.54) is 0 Å². The smallest absolute Gasteiger partial charge is 0.138 e. The van der Waals surface area contributed by atoms with Gasteiger partial charge in [0.1, 0.15) is 24.2 Å². The van der Waals surface area contributed by atoms with E-state index in [0.29, 0.717) is 23.9 Å². The highest BCUT2D eigenvalue weighted by molar-refractivity contribution is 6.30. The third-order valence-corrected chi connectivity index (χ3v) is 3.61. The lowest BCUT2D eigenvalue weighted by Crippen LogP contribution is -2.33. The van der Waals surface area contributed by atoms with Crippen LogP contribution in [-0.4, -0.2) is 41.5 Å². The highest BCUT2D eigenvalue weighted by Gasteiger charge is 2.14. The van der Waals surface area contributed by atoms with E-state index in [1.807, 2.05) is 37.9 Å². The summed E-state index contributed by atoms with van der Waals surface area (Å²) in [7, 11) is 1.94. The molecule has 1 aromatic heterocycles. The van der Waals surface area contributed by atoms with Crippen LogP contribution in [0.5, 0.6) is 5.75 Å². The van der Waals surface area contributed by atoms with E-state index >= 15 is 0 Å². The number of aliphatic hydroxyl groups excluding tert-OH is 1. The van der Waals surface area contributed by atoms with Gasteiger partial charge in [-0.15, -0.1) is 0 Å². The second-order valence-electron chi connectivity index (χ2n) is 5.42. The monoisotopic (exact) mass is 324 g/mol. The molecule has 0 amide bonds. The second-order valence-corrected chi connectivity index (χ2v) is 5.86. The average molecular weight is 325 g/mol. The Labute approximate surface area is 135 Å². The van der Waals surface area contributed by atoms with E-state index in [2.05, 4.69) is 5.16 Å². The Morgan fingerprint density at radius 2 is 2.18 bits per heavy atom. The molecule has 0 bridgehead atoms. The first-order chi connectivity index (χ1) is 10.5. The first kappa shape index (κ1) is 16.8. The van der Waals surface area contributed by atoms with Crippen molar-refractivity contribution in [2.75, 3.05) is 20.2 Å². The largest absolute Gasteiger partial charge is 0.491 e. The van der Waals surface area contributed by atoms with E-state index in [1.54, 1.807) is 12.1 Å². The number of aliphatic hydroxyl groups is 1. The van der Waals surface area contributed by atoms with Crippen molar-refractivity contribution in [3.8, 4) is 5.75 Å². The summed E-state index contributed by atoms with van der Waals surface area (Å²) >= 11 is 5.89. The zero-order valence-corrected chi connectivity index (χ0v) is 13.8. The highest BCUT2D eigenvalue weighted by Crippen LogP contribution is 2.17. The number of benzene rings is 1. The minimum absolute atomic E-state index is 0.215. The molecule has 22 heavy (non-hydrogen) atoms. The molecule has 1 unspecified atom stereocenters. The number of hydrogen-bond donors (Lipinski definition) is 1. The Hall–Kier alpha value is -1.56. The van der Waals surface area contributed by atoms with Gasteiger partial charge in [0, 0.05) is 23.7 Å². The van der Waals surface area contributed by atoms with Crippen LogP contribution in [0.25, 0.3) is 0 Å². The lowest BCUT2D eigenvalue weighted by Gasteiger charge is -2.20. The van der Waals surface area contributed by atoms with Gasteiger partial charge in [-0.2, -0.15) is 0 Å². The van der Waals surface area contributed by atoms with Crippen LogP contribution in [0.1, 0.15) is 17.0 Å². The molecule has 0 saturated carbocycles. The van der Waals surface area contributed by atoms with Crippen molar-refractivity contribution in [3.05, 3.63) is 46.3 Å². The van der Waals surface area contributed by atoms with Crippen LogP contribution in [-0.2, 0) is 6.54 Å². The van der Waals surface area contributed by atoms with Crippen molar-refractivity contribution in [2.45, 2.75) is 26.5 Å². The second kappa shape index (κ2) is 7.63. The van der Waals surface area contributed by atoms with Gasteiger partial charge in [0.15, 0.2) is 0 Å². The fourth-order valence-corrected chi connectivity index (χ4v) is 2.40. The summed E-state index contributed by atoms with van der Waals surface area (Å²) in [6.45, 7) is 5.19. The van der Waals surface area contributed by atoms with Gasteiger partial charge in [-0.3, -0.25) is 4.90 Å². The topological polar surface area (TPSA) is 58.7 Å². The summed E-state index contributed by atoms with van der Waals surface area (Å²) in [5.74, 6) is 1.47. The molecule has 6 heteroatoms. The molecule has 0 fully saturated rings. The zero-order chi connectivity index (χ0) is 16.1. The number of nitrogens with zero attached hydrogens (tertiary/aromatic N) is 2. The Morgan fingerprint density at radius 1 is 1.41 bits per heavy atom. The van der Waals surface area contributed by atoms with Gasteiger partial charge in [-0.05, 0) is 39.1 Å². The maximum absolute atomic E-state index is 10.1. The fraction of sp³-hybridized carbons (Fsp3) is 0.438. The van der Waals surface area contributed by atoms with Crippen LogP contribution in [0, 0.1) is 13.8 Å². The lowest BCUT2D eigenvalue weighted by atomic mass is 10.2. The van der Waals surface area contributed by atoms with E-state index in [0.717, 1.165) is 17.0 Å². The molecule has 0 saturated heterocycles. The van der Waals surface area contributed by atoms with Crippen molar-refractivity contribution in [3.63, 3.8) is 0 Å². The average Bonchev–Trinajstić information content (AvgIpc) is 2.77. The maximum atomic E-state index is 10.1. The Bertz CT molecular complexity index is 596. The fourth-order valence-electron chi connectivity index (χ4n) is 2.22. The molecular formula is C16H21ClN2O3. The van der Waals surface area contributed by atoms with E-state index < -0.39 is 6.10 Å². The molecule has 0 aliphatic heterocycles. The number of halogens is 1. The molecule has 5 nitrogen and oxygen atoms in total. The van der Waals surface area contributed by atoms with Gasteiger partial charge in [0.2, 0.25) is 0 Å².